The van der Waals surface area contributed by atoms with Gasteiger partial charge in [-0.3, -0.25) is 9.69 Å². The average Bonchev–Trinajstić information content (AvgIpc) is 3.33. The lowest BCUT2D eigenvalue weighted by molar-refractivity contribution is 0.102. The molecule has 2 aromatic heterocycles. The van der Waals surface area contributed by atoms with Crippen LogP contribution in [0.4, 0.5) is 5.69 Å². The standard InChI is InChI=1S/C27H30N6O2/c1-18-4-5-20(15-24(18)35-27-23-8-9-28-25(23)29-17-30-27)26(34)31-22-7-6-21(19(2)14-22)16-33-12-10-32(3)11-13-33/h4-9,14-15,17H,10-13,16H2,1-3H3,(H,31,34)(H,28,29,30). The van der Waals surface area contributed by atoms with Gasteiger partial charge in [0.25, 0.3) is 5.91 Å². The topological polar surface area (TPSA) is 86.4 Å². The first-order chi connectivity index (χ1) is 17.0. The van der Waals surface area contributed by atoms with E-state index in [0.717, 1.165) is 49.4 Å². The van der Waals surface area contributed by atoms with Crippen molar-refractivity contribution in [1.82, 2.24) is 24.8 Å². The zero-order valence-corrected chi connectivity index (χ0v) is 20.3. The van der Waals surface area contributed by atoms with Crippen molar-refractivity contribution in [3.8, 4) is 11.6 Å². The molecule has 0 saturated carbocycles. The number of fused-ring (bicyclic) bond motifs is 1. The van der Waals surface area contributed by atoms with E-state index >= 15 is 0 Å². The lowest BCUT2D eigenvalue weighted by Crippen LogP contribution is -2.43. The van der Waals surface area contributed by atoms with Gasteiger partial charge in [-0.15, -0.1) is 0 Å². The van der Waals surface area contributed by atoms with E-state index in [9.17, 15) is 4.79 Å². The molecule has 0 radical (unpaired) electrons. The second kappa shape index (κ2) is 9.85. The third kappa shape index (κ3) is 5.18. The molecule has 0 spiro atoms. The molecule has 0 aliphatic carbocycles. The average molecular weight is 471 g/mol. The minimum Gasteiger partial charge on any atom is -0.438 e. The van der Waals surface area contributed by atoms with Gasteiger partial charge in [0.15, 0.2) is 0 Å². The molecule has 3 heterocycles. The van der Waals surface area contributed by atoms with E-state index in [-0.39, 0.29) is 5.91 Å². The van der Waals surface area contributed by atoms with Crippen molar-refractivity contribution >= 4 is 22.6 Å². The van der Waals surface area contributed by atoms with Gasteiger partial charge in [-0.25, -0.2) is 9.97 Å². The molecule has 2 aromatic carbocycles. The zero-order chi connectivity index (χ0) is 24.4. The van der Waals surface area contributed by atoms with Crippen LogP contribution in [0.15, 0.2) is 55.0 Å². The molecule has 2 N–H and O–H groups in total. The number of rotatable bonds is 6. The molecule has 0 atom stereocenters. The van der Waals surface area contributed by atoms with Crippen molar-refractivity contribution in [1.29, 1.82) is 0 Å². The number of nitrogens with one attached hydrogen (secondary N) is 2. The smallest absolute Gasteiger partial charge is 0.255 e. The molecule has 1 aliphatic rings. The summed E-state index contributed by atoms with van der Waals surface area (Å²) in [6.07, 6.45) is 3.25. The SMILES string of the molecule is Cc1cc(NC(=O)c2ccc(C)c(Oc3ncnc4[nH]ccc34)c2)ccc1CN1CCN(C)CC1. The first-order valence-corrected chi connectivity index (χ1v) is 11.8. The molecule has 1 amide bonds. The third-order valence-corrected chi connectivity index (χ3v) is 6.56. The van der Waals surface area contributed by atoms with Crippen LogP contribution in [0.1, 0.15) is 27.0 Å². The zero-order valence-electron chi connectivity index (χ0n) is 20.3. The van der Waals surface area contributed by atoms with Crippen LogP contribution < -0.4 is 10.1 Å². The minimum atomic E-state index is -0.185. The molecule has 35 heavy (non-hydrogen) atoms. The van der Waals surface area contributed by atoms with Gasteiger partial charge >= 0.3 is 0 Å². The fourth-order valence-corrected chi connectivity index (χ4v) is 4.29. The molecule has 0 bridgehead atoms. The van der Waals surface area contributed by atoms with E-state index in [0.29, 0.717) is 22.8 Å². The summed E-state index contributed by atoms with van der Waals surface area (Å²) in [5, 5.41) is 3.81. The predicted molar refractivity (Wildman–Crippen MR) is 137 cm³/mol. The molecule has 180 valence electrons. The van der Waals surface area contributed by atoms with Crippen LogP contribution in [-0.2, 0) is 6.54 Å². The Morgan fingerprint density at radius 2 is 1.86 bits per heavy atom. The van der Waals surface area contributed by atoms with Gasteiger partial charge in [-0.2, -0.15) is 0 Å². The Balaban J connectivity index is 1.28. The Kier molecular flexibility index (Phi) is 6.48. The van der Waals surface area contributed by atoms with E-state index in [1.165, 1.54) is 17.5 Å². The number of likely N-dealkylation sites (N-methyl/N-ethyl adjacent to an activating group) is 1. The maximum atomic E-state index is 13.0. The second-order valence-electron chi connectivity index (χ2n) is 9.18. The first-order valence-electron chi connectivity index (χ1n) is 11.8. The Hall–Kier alpha value is -3.75. The van der Waals surface area contributed by atoms with Crippen molar-refractivity contribution in [2.45, 2.75) is 20.4 Å². The Morgan fingerprint density at radius 1 is 1.03 bits per heavy atom. The van der Waals surface area contributed by atoms with Gasteiger partial charge in [0.2, 0.25) is 5.88 Å². The maximum absolute atomic E-state index is 13.0. The highest BCUT2D eigenvalue weighted by atomic mass is 16.5. The lowest BCUT2D eigenvalue weighted by atomic mass is 10.1. The van der Waals surface area contributed by atoms with Gasteiger partial charge < -0.3 is 19.9 Å². The maximum Gasteiger partial charge on any atom is 0.255 e. The highest BCUT2D eigenvalue weighted by Crippen LogP contribution is 2.29. The highest BCUT2D eigenvalue weighted by molar-refractivity contribution is 6.04. The van der Waals surface area contributed by atoms with E-state index in [2.05, 4.69) is 50.1 Å². The fraction of sp³-hybridized carbons (Fsp3) is 0.296. The van der Waals surface area contributed by atoms with Crippen LogP contribution in [0.5, 0.6) is 11.6 Å². The van der Waals surface area contributed by atoms with Crippen molar-refractivity contribution in [2.75, 3.05) is 38.5 Å². The van der Waals surface area contributed by atoms with E-state index in [1.54, 1.807) is 18.3 Å². The molecule has 5 rings (SSSR count). The summed E-state index contributed by atoms with van der Waals surface area (Å²) in [4.78, 5) is 29.4. The summed E-state index contributed by atoms with van der Waals surface area (Å²) in [6.45, 7) is 9.33. The number of H-pyrrole nitrogens is 1. The largest absolute Gasteiger partial charge is 0.438 e. The van der Waals surface area contributed by atoms with Gasteiger partial charge in [0.05, 0.1) is 5.39 Å². The number of benzene rings is 2. The number of aromatic amines is 1. The number of amides is 1. The van der Waals surface area contributed by atoms with Gasteiger partial charge in [-0.1, -0.05) is 12.1 Å². The number of ether oxygens (including phenoxy) is 1. The number of nitrogens with zero attached hydrogens (tertiary/aromatic N) is 4. The Morgan fingerprint density at radius 3 is 2.66 bits per heavy atom. The molecular weight excluding hydrogens is 440 g/mol. The van der Waals surface area contributed by atoms with Crippen molar-refractivity contribution in [3.05, 3.63) is 77.2 Å². The van der Waals surface area contributed by atoms with Crippen LogP contribution >= 0.6 is 0 Å². The molecular formula is C27H30N6O2. The number of aromatic nitrogens is 3. The van der Waals surface area contributed by atoms with Gasteiger partial charge in [0.1, 0.15) is 17.7 Å². The van der Waals surface area contributed by atoms with Crippen molar-refractivity contribution < 1.29 is 9.53 Å². The number of aryl methyl sites for hydroxylation is 2. The molecule has 0 unspecified atom stereocenters. The summed E-state index contributed by atoms with van der Waals surface area (Å²) < 4.78 is 6.08. The van der Waals surface area contributed by atoms with Crippen LogP contribution in [0.3, 0.4) is 0 Å². The molecule has 1 saturated heterocycles. The Labute approximate surface area is 204 Å². The highest BCUT2D eigenvalue weighted by Gasteiger charge is 2.16. The van der Waals surface area contributed by atoms with Crippen LogP contribution in [0, 0.1) is 13.8 Å². The molecule has 8 nitrogen and oxygen atoms in total. The van der Waals surface area contributed by atoms with Crippen LogP contribution in [0.2, 0.25) is 0 Å². The predicted octanol–water partition coefficient (Wildman–Crippen LogP) is 4.37. The third-order valence-electron chi connectivity index (χ3n) is 6.56. The van der Waals surface area contributed by atoms with Crippen molar-refractivity contribution in [2.24, 2.45) is 0 Å². The number of anilines is 1. The lowest BCUT2D eigenvalue weighted by Gasteiger charge is -2.32. The van der Waals surface area contributed by atoms with Gasteiger partial charge in [-0.05, 0) is 67.9 Å². The number of carbonyl (C=O) groups excluding carboxylic acids is 1. The molecule has 4 aromatic rings. The van der Waals surface area contributed by atoms with Crippen LogP contribution in [0.25, 0.3) is 11.0 Å². The number of hydrogen-bond acceptors (Lipinski definition) is 6. The van der Waals surface area contributed by atoms with Crippen LogP contribution in [-0.4, -0.2) is 63.9 Å². The number of carbonyl (C=O) groups is 1. The summed E-state index contributed by atoms with van der Waals surface area (Å²) in [6, 6.07) is 13.4. The molecule has 8 heteroatoms. The number of hydrogen-bond donors (Lipinski definition) is 2. The van der Waals surface area contributed by atoms with E-state index in [1.807, 2.05) is 31.2 Å². The molecule has 1 aliphatic heterocycles. The van der Waals surface area contributed by atoms with Crippen molar-refractivity contribution in [3.63, 3.8) is 0 Å². The summed E-state index contributed by atoms with van der Waals surface area (Å²) in [5.74, 6) is 0.844. The summed E-state index contributed by atoms with van der Waals surface area (Å²) in [7, 11) is 2.17. The summed E-state index contributed by atoms with van der Waals surface area (Å²) >= 11 is 0. The monoisotopic (exact) mass is 470 g/mol. The first kappa shape index (κ1) is 23.0. The summed E-state index contributed by atoms with van der Waals surface area (Å²) in [5.41, 5.74) is 5.38. The van der Waals surface area contributed by atoms with E-state index in [4.69, 9.17) is 4.74 Å². The number of piperazine rings is 1. The van der Waals surface area contributed by atoms with Gasteiger partial charge in [0, 0.05) is 50.2 Å². The Bertz CT molecular complexity index is 1360. The fourth-order valence-electron chi connectivity index (χ4n) is 4.29. The molecule has 1 fully saturated rings. The quantitative estimate of drug-likeness (QED) is 0.435. The second-order valence-corrected chi connectivity index (χ2v) is 9.18. The normalized spacial score (nSPS) is 14.8. The minimum absolute atomic E-state index is 0.185. The van der Waals surface area contributed by atoms with E-state index < -0.39 is 0 Å².